The van der Waals surface area contributed by atoms with Gasteiger partial charge in [-0.1, -0.05) is 30.3 Å². The first-order valence-corrected chi connectivity index (χ1v) is 5.52. The molecule has 94 valence electrons. The van der Waals surface area contributed by atoms with Gasteiger partial charge in [0.15, 0.2) is 0 Å². The lowest BCUT2D eigenvalue weighted by atomic mass is 10.2. The Morgan fingerprint density at radius 3 is 2.71 bits per heavy atom. The standard InChI is InChI=1S/C13H18O4/c1-15-11-17-13(7-8-14)10-16-9-12-5-3-2-4-6-12/h2-6,8,13H,7,9-11H2,1H3/t13-/m1/s1. The fourth-order valence-electron chi connectivity index (χ4n) is 1.34. The van der Waals surface area contributed by atoms with E-state index in [0.717, 1.165) is 11.8 Å². The summed E-state index contributed by atoms with van der Waals surface area (Å²) in [7, 11) is 1.54. The van der Waals surface area contributed by atoms with Gasteiger partial charge in [-0.05, 0) is 5.56 Å². The maximum atomic E-state index is 10.4. The number of carbonyl (C=O) groups is 1. The smallest absolute Gasteiger partial charge is 0.146 e. The van der Waals surface area contributed by atoms with Gasteiger partial charge < -0.3 is 19.0 Å². The molecule has 0 radical (unpaired) electrons. The molecule has 1 aromatic rings. The van der Waals surface area contributed by atoms with E-state index in [4.69, 9.17) is 14.2 Å². The fourth-order valence-corrected chi connectivity index (χ4v) is 1.34. The van der Waals surface area contributed by atoms with Crippen molar-refractivity contribution in [3.8, 4) is 0 Å². The third-order valence-electron chi connectivity index (χ3n) is 2.20. The third-order valence-corrected chi connectivity index (χ3v) is 2.20. The number of carbonyl (C=O) groups excluding carboxylic acids is 1. The molecule has 4 nitrogen and oxygen atoms in total. The van der Waals surface area contributed by atoms with Crippen LogP contribution in [-0.4, -0.2) is 32.9 Å². The van der Waals surface area contributed by atoms with E-state index in [0.29, 0.717) is 19.6 Å². The first-order chi connectivity index (χ1) is 8.36. The van der Waals surface area contributed by atoms with Crippen molar-refractivity contribution in [2.45, 2.75) is 19.1 Å². The minimum absolute atomic E-state index is 0.174. The van der Waals surface area contributed by atoms with Crippen LogP contribution in [0.3, 0.4) is 0 Å². The SMILES string of the molecule is COCO[C@H](CC=O)COCc1ccccc1. The van der Waals surface area contributed by atoms with Crippen LogP contribution >= 0.6 is 0 Å². The molecule has 0 unspecified atom stereocenters. The van der Waals surface area contributed by atoms with Crippen LogP contribution in [0, 0.1) is 0 Å². The molecule has 0 bridgehead atoms. The van der Waals surface area contributed by atoms with Gasteiger partial charge in [-0.3, -0.25) is 0 Å². The van der Waals surface area contributed by atoms with Gasteiger partial charge >= 0.3 is 0 Å². The van der Waals surface area contributed by atoms with Crippen molar-refractivity contribution in [3.05, 3.63) is 35.9 Å². The number of benzene rings is 1. The summed E-state index contributed by atoms with van der Waals surface area (Å²) in [5, 5.41) is 0. The predicted molar refractivity (Wildman–Crippen MR) is 63.5 cm³/mol. The van der Waals surface area contributed by atoms with Gasteiger partial charge in [-0.25, -0.2) is 0 Å². The number of hydrogen-bond donors (Lipinski definition) is 0. The minimum Gasteiger partial charge on any atom is -0.374 e. The van der Waals surface area contributed by atoms with Crippen LogP contribution in [0.4, 0.5) is 0 Å². The van der Waals surface area contributed by atoms with E-state index < -0.39 is 0 Å². The van der Waals surface area contributed by atoms with E-state index in [1.165, 1.54) is 0 Å². The van der Waals surface area contributed by atoms with Gasteiger partial charge in [-0.15, -0.1) is 0 Å². The highest BCUT2D eigenvalue weighted by Gasteiger charge is 2.08. The average Bonchev–Trinajstić information content (AvgIpc) is 2.37. The summed E-state index contributed by atoms with van der Waals surface area (Å²) in [4.78, 5) is 10.4. The molecule has 1 rings (SSSR count). The number of methoxy groups -OCH3 is 1. The predicted octanol–water partition coefficient (Wildman–Crippen LogP) is 1.78. The van der Waals surface area contributed by atoms with Crippen LogP contribution in [0.1, 0.15) is 12.0 Å². The number of ether oxygens (including phenoxy) is 3. The molecule has 0 heterocycles. The summed E-state index contributed by atoms with van der Waals surface area (Å²) in [5.74, 6) is 0. The summed E-state index contributed by atoms with van der Waals surface area (Å²) in [5.41, 5.74) is 1.10. The van der Waals surface area contributed by atoms with E-state index in [1.807, 2.05) is 30.3 Å². The topological polar surface area (TPSA) is 44.8 Å². The van der Waals surface area contributed by atoms with Crippen LogP contribution in [0.25, 0.3) is 0 Å². The second-order valence-electron chi connectivity index (χ2n) is 3.60. The maximum absolute atomic E-state index is 10.4. The van der Waals surface area contributed by atoms with Crippen LogP contribution in [0.5, 0.6) is 0 Å². The molecule has 0 aliphatic heterocycles. The second kappa shape index (κ2) is 8.87. The lowest BCUT2D eigenvalue weighted by Gasteiger charge is -2.15. The molecule has 0 N–H and O–H groups in total. The Kier molecular flexibility index (Phi) is 7.22. The van der Waals surface area contributed by atoms with Crippen molar-refractivity contribution >= 4 is 6.29 Å². The molecule has 0 saturated heterocycles. The highest BCUT2D eigenvalue weighted by Crippen LogP contribution is 2.03. The maximum Gasteiger partial charge on any atom is 0.146 e. The lowest BCUT2D eigenvalue weighted by molar-refractivity contribution is -0.121. The zero-order chi connectivity index (χ0) is 12.3. The quantitative estimate of drug-likeness (QED) is 0.486. The number of rotatable bonds is 9. The zero-order valence-electron chi connectivity index (χ0n) is 10.0. The van der Waals surface area contributed by atoms with Gasteiger partial charge in [0.05, 0.1) is 19.3 Å². The molecule has 0 aliphatic rings. The first-order valence-electron chi connectivity index (χ1n) is 5.52. The molecule has 0 aliphatic carbocycles. The molecule has 1 atom stereocenters. The molecule has 1 aromatic carbocycles. The summed E-state index contributed by atoms with van der Waals surface area (Å²) < 4.78 is 15.6. The number of aldehydes is 1. The second-order valence-corrected chi connectivity index (χ2v) is 3.60. The Morgan fingerprint density at radius 1 is 1.29 bits per heavy atom. The Hall–Kier alpha value is -1.23. The van der Waals surface area contributed by atoms with E-state index in [9.17, 15) is 4.79 Å². The van der Waals surface area contributed by atoms with Crippen LogP contribution < -0.4 is 0 Å². The number of hydrogen-bond acceptors (Lipinski definition) is 4. The first kappa shape index (κ1) is 13.8. The van der Waals surface area contributed by atoms with Crippen LogP contribution in [-0.2, 0) is 25.6 Å². The monoisotopic (exact) mass is 238 g/mol. The van der Waals surface area contributed by atoms with Crippen molar-refractivity contribution in [2.75, 3.05) is 20.5 Å². The van der Waals surface area contributed by atoms with Crippen molar-refractivity contribution in [2.24, 2.45) is 0 Å². The molecular weight excluding hydrogens is 220 g/mol. The minimum atomic E-state index is -0.240. The molecule has 0 spiro atoms. The molecule has 0 saturated carbocycles. The van der Waals surface area contributed by atoms with Crippen molar-refractivity contribution < 1.29 is 19.0 Å². The van der Waals surface area contributed by atoms with Crippen LogP contribution in [0.15, 0.2) is 30.3 Å². The summed E-state index contributed by atoms with van der Waals surface area (Å²) in [6, 6.07) is 9.86. The highest BCUT2D eigenvalue weighted by atomic mass is 16.7. The Morgan fingerprint density at radius 2 is 2.06 bits per heavy atom. The molecule has 0 fully saturated rings. The van der Waals surface area contributed by atoms with Crippen molar-refractivity contribution in [3.63, 3.8) is 0 Å². The zero-order valence-corrected chi connectivity index (χ0v) is 10.0. The van der Waals surface area contributed by atoms with Gasteiger partial charge in [0.2, 0.25) is 0 Å². The van der Waals surface area contributed by atoms with Crippen molar-refractivity contribution in [1.29, 1.82) is 0 Å². The van der Waals surface area contributed by atoms with E-state index >= 15 is 0 Å². The summed E-state index contributed by atoms with van der Waals surface area (Å²) >= 11 is 0. The van der Waals surface area contributed by atoms with Crippen LogP contribution in [0.2, 0.25) is 0 Å². The van der Waals surface area contributed by atoms with Gasteiger partial charge in [-0.2, -0.15) is 0 Å². The average molecular weight is 238 g/mol. The molecule has 0 aromatic heterocycles. The molecule has 0 amide bonds. The summed E-state index contributed by atoms with van der Waals surface area (Å²) in [6.45, 7) is 1.08. The lowest BCUT2D eigenvalue weighted by Crippen LogP contribution is -2.21. The van der Waals surface area contributed by atoms with E-state index in [2.05, 4.69) is 0 Å². The Bertz CT molecular complexity index is 300. The van der Waals surface area contributed by atoms with Gasteiger partial charge in [0.25, 0.3) is 0 Å². The van der Waals surface area contributed by atoms with E-state index in [-0.39, 0.29) is 12.9 Å². The normalized spacial score (nSPS) is 12.3. The Balaban J connectivity index is 2.24. The van der Waals surface area contributed by atoms with E-state index in [1.54, 1.807) is 7.11 Å². The molecular formula is C13H18O4. The molecule has 4 heteroatoms. The highest BCUT2D eigenvalue weighted by molar-refractivity contribution is 5.50. The Labute approximate surface area is 101 Å². The van der Waals surface area contributed by atoms with Gasteiger partial charge in [0.1, 0.15) is 13.1 Å². The molecule has 17 heavy (non-hydrogen) atoms. The van der Waals surface area contributed by atoms with Gasteiger partial charge in [0, 0.05) is 13.5 Å². The summed E-state index contributed by atoms with van der Waals surface area (Å²) in [6.07, 6.45) is 0.904. The van der Waals surface area contributed by atoms with Crippen molar-refractivity contribution in [1.82, 2.24) is 0 Å². The fraction of sp³-hybridized carbons (Fsp3) is 0.462. The third kappa shape index (κ3) is 6.16. The largest absolute Gasteiger partial charge is 0.374 e.